The Morgan fingerprint density at radius 2 is 1.67 bits per heavy atom. The fourth-order valence-electron chi connectivity index (χ4n) is 2.86. The van der Waals surface area contributed by atoms with Gasteiger partial charge in [-0.15, -0.1) is 0 Å². The van der Waals surface area contributed by atoms with Crippen molar-refractivity contribution >= 4 is 17.7 Å². The summed E-state index contributed by atoms with van der Waals surface area (Å²) in [7, 11) is 4.49. The first-order chi connectivity index (χ1) is 14.5. The number of nitrogens with one attached hydrogen (secondary N) is 2. The number of ether oxygens (including phenoxy) is 3. The normalized spacial score (nSPS) is 11.4. The van der Waals surface area contributed by atoms with Gasteiger partial charge in [-0.05, 0) is 55.6 Å². The average Bonchev–Trinajstić information content (AvgIpc) is 2.78. The quantitative estimate of drug-likeness (QED) is 0.406. The van der Waals surface area contributed by atoms with E-state index in [0.717, 1.165) is 25.0 Å². The van der Waals surface area contributed by atoms with Gasteiger partial charge in [-0.1, -0.05) is 12.1 Å². The predicted molar refractivity (Wildman–Crippen MR) is 114 cm³/mol. The van der Waals surface area contributed by atoms with Crippen molar-refractivity contribution in [1.82, 2.24) is 10.3 Å². The molecule has 1 atom stereocenters. The lowest BCUT2D eigenvalue weighted by Gasteiger charge is -2.16. The molecule has 162 valence electrons. The summed E-state index contributed by atoms with van der Waals surface area (Å²) in [5.41, 5.74) is 1.23. The van der Waals surface area contributed by atoms with Gasteiger partial charge in [-0.2, -0.15) is 0 Å². The van der Waals surface area contributed by atoms with Gasteiger partial charge >= 0.3 is 5.97 Å². The highest BCUT2D eigenvalue weighted by atomic mass is 16.5. The predicted octanol–water partition coefficient (Wildman–Crippen LogP) is 2.58. The van der Waals surface area contributed by atoms with Crippen LogP contribution in [0.1, 0.15) is 24.8 Å². The van der Waals surface area contributed by atoms with Gasteiger partial charge in [0, 0.05) is 0 Å². The van der Waals surface area contributed by atoms with Crippen LogP contribution in [0, 0.1) is 0 Å². The van der Waals surface area contributed by atoms with Crippen molar-refractivity contribution < 1.29 is 23.8 Å². The van der Waals surface area contributed by atoms with Crippen LogP contribution in [-0.4, -0.2) is 50.8 Å². The topological polar surface area (TPSA) is 98.8 Å². The summed E-state index contributed by atoms with van der Waals surface area (Å²) in [5, 5.41) is 5.79. The van der Waals surface area contributed by atoms with Gasteiger partial charge < -0.3 is 24.8 Å². The Morgan fingerprint density at radius 3 is 2.27 bits per heavy atom. The molecule has 0 saturated heterocycles. The highest BCUT2D eigenvalue weighted by Crippen LogP contribution is 2.13. The SMILES string of the molecule is COC(=O)C(CC(=O)Nc1ccc(OC)cn1)NCCCCc1ccc(OC)cc1. The number of hydrogen-bond donors (Lipinski definition) is 2. The lowest BCUT2D eigenvalue weighted by Crippen LogP contribution is -2.41. The molecule has 2 aromatic rings. The number of nitrogens with zero attached hydrogens (tertiary/aromatic N) is 1. The Kier molecular flexibility index (Phi) is 9.60. The number of unbranched alkanes of at least 4 members (excludes halogenated alkanes) is 1. The van der Waals surface area contributed by atoms with Gasteiger partial charge in [0.25, 0.3) is 0 Å². The standard InChI is InChI=1S/C22H29N3O5/c1-28-17-9-7-16(8-10-17)6-4-5-13-23-19(22(27)30-3)14-21(26)25-20-12-11-18(29-2)15-24-20/h7-12,15,19,23H,4-6,13-14H2,1-3H3,(H,24,25,26). The van der Waals surface area contributed by atoms with Crippen LogP contribution in [0.15, 0.2) is 42.6 Å². The van der Waals surface area contributed by atoms with Crippen LogP contribution in [0.2, 0.25) is 0 Å². The number of carbonyl (C=O) groups excluding carboxylic acids is 2. The zero-order valence-corrected chi connectivity index (χ0v) is 17.6. The van der Waals surface area contributed by atoms with Gasteiger partial charge in [0.1, 0.15) is 23.4 Å². The molecule has 0 radical (unpaired) electrons. The van der Waals surface area contributed by atoms with Crippen molar-refractivity contribution in [2.24, 2.45) is 0 Å². The van der Waals surface area contributed by atoms with Crippen LogP contribution in [0.4, 0.5) is 5.82 Å². The third-order valence-corrected chi connectivity index (χ3v) is 4.56. The number of hydrogen-bond acceptors (Lipinski definition) is 7. The van der Waals surface area contributed by atoms with E-state index in [1.165, 1.54) is 18.9 Å². The van der Waals surface area contributed by atoms with E-state index < -0.39 is 12.0 Å². The van der Waals surface area contributed by atoms with Crippen LogP contribution < -0.4 is 20.1 Å². The molecule has 0 saturated carbocycles. The van der Waals surface area contributed by atoms with Gasteiger partial charge in [0.15, 0.2) is 0 Å². The minimum atomic E-state index is -0.714. The Hall–Kier alpha value is -3.13. The number of benzene rings is 1. The number of pyridine rings is 1. The first-order valence-corrected chi connectivity index (χ1v) is 9.79. The number of aryl methyl sites for hydroxylation is 1. The molecule has 8 nitrogen and oxygen atoms in total. The molecule has 0 aliphatic carbocycles. The minimum Gasteiger partial charge on any atom is -0.497 e. The molecule has 1 unspecified atom stereocenters. The summed E-state index contributed by atoms with van der Waals surface area (Å²) in [5.74, 6) is 1.03. The number of esters is 1. The summed E-state index contributed by atoms with van der Waals surface area (Å²) >= 11 is 0. The van der Waals surface area contributed by atoms with Crippen molar-refractivity contribution in [3.05, 3.63) is 48.2 Å². The molecule has 8 heteroatoms. The van der Waals surface area contributed by atoms with Crippen LogP contribution in [0.3, 0.4) is 0 Å². The van der Waals surface area contributed by atoms with Crippen molar-refractivity contribution in [3.63, 3.8) is 0 Å². The Morgan fingerprint density at radius 1 is 0.967 bits per heavy atom. The number of aromatic nitrogens is 1. The molecule has 2 rings (SSSR count). The smallest absolute Gasteiger partial charge is 0.323 e. The molecule has 1 amide bonds. The third-order valence-electron chi connectivity index (χ3n) is 4.56. The molecule has 1 heterocycles. The summed E-state index contributed by atoms with van der Waals surface area (Å²) in [6, 6.07) is 10.6. The monoisotopic (exact) mass is 415 g/mol. The molecule has 30 heavy (non-hydrogen) atoms. The second-order valence-electron chi connectivity index (χ2n) is 6.67. The average molecular weight is 415 g/mol. The fraction of sp³-hybridized carbons (Fsp3) is 0.409. The molecule has 2 N–H and O–H groups in total. The number of anilines is 1. The van der Waals surface area contributed by atoms with E-state index in [2.05, 4.69) is 15.6 Å². The summed E-state index contributed by atoms with van der Waals surface area (Å²) < 4.78 is 15.0. The highest BCUT2D eigenvalue weighted by Gasteiger charge is 2.22. The van der Waals surface area contributed by atoms with Gasteiger partial charge in [0.2, 0.25) is 5.91 Å². The number of amides is 1. The van der Waals surface area contributed by atoms with E-state index >= 15 is 0 Å². The van der Waals surface area contributed by atoms with Crippen LogP contribution in [0.5, 0.6) is 11.5 Å². The lowest BCUT2D eigenvalue weighted by atomic mass is 10.1. The molecule has 0 aliphatic rings. The highest BCUT2D eigenvalue weighted by molar-refractivity contribution is 5.93. The first kappa shape index (κ1) is 23.2. The third kappa shape index (κ3) is 7.71. The number of carbonyl (C=O) groups is 2. The van der Waals surface area contributed by atoms with Gasteiger partial charge in [0.05, 0.1) is 33.9 Å². The molecule has 0 fully saturated rings. The molecule has 0 aliphatic heterocycles. The maximum Gasteiger partial charge on any atom is 0.323 e. The van der Waals surface area contributed by atoms with E-state index in [1.807, 2.05) is 24.3 Å². The molecular weight excluding hydrogens is 386 g/mol. The van der Waals surface area contributed by atoms with E-state index in [1.54, 1.807) is 26.4 Å². The van der Waals surface area contributed by atoms with Crippen molar-refractivity contribution in [1.29, 1.82) is 0 Å². The van der Waals surface area contributed by atoms with Crippen molar-refractivity contribution in [2.45, 2.75) is 31.7 Å². The number of methoxy groups -OCH3 is 3. The summed E-state index contributed by atoms with van der Waals surface area (Å²) in [6.07, 6.45) is 4.21. The van der Waals surface area contributed by atoms with Gasteiger partial charge in [-0.3, -0.25) is 9.59 Å². The van der Waals surface area contributed by atoms with Crippen LogP contribution >= 0.6 is 0 Å². The number of rotatable bonds is 12. The zero-order chi connectivity index (χ0) is 21.8. The van der Waals surface area contributed by atoms with E-state index in [9.17, 15) is 9.59 Å². The Balaban J connectivity index is 1.75. The fourth-order valence-corrected chi connectivity index (χ4v) is 2.86. The molecule has 0 spiro atoms. The minimum absolute atomic E-state index is 0.0428. The van der Waals surface area contributed by atoms with Crippen LogP contribution in [0.25, 0.3) is 0 Å². The molecule has 1 aromatic heterocycles. The zero-order valence-electron chi connectivity index (χ0n) is 17.6. The van der Waals surface area contributed by atoms with Crippen molar-refractivity contribution in [3.8, 4) is 11.5 Å². The van der Waals surface area contributed by atoms with E-state index in [-0.39, 0.29) is 12.3 Å². The summed E-state index contributed by atoms with van der Waals surface area (Å²) in [6.45, 7) is 0.601. The molecular formula is C22H29N3O5. The Bertz CT molecular complexity index is 793. The van der Waals surface area contributed by atoms with E-state index in [4.69, 9.17) is 14.2 Å². The molecule has 1 aromatic carbocycles. The molecule has 0 bridgehead atoms. The first-order valence-electron chi connectivity index (χ1n) is 9.79. The van der Waals surface area contributed by atoms with Gasteiger partial charge in [-0.25, -0.2) is 4.98 Å². The lowest BCUT2D eigenvalue weighted by molar-refractivity contribution is -0.144. The maximum absolute atomic E-state index is 12.3. The maximum atomic E-state index is 12.3. The van der Waals surface area contributed by atoms with E-state index in [0.29, 0.717) is 18.1 Å². The van der Waals surface area contributed by atoms with Crippen LogP contribution in [-0.2, 0) is 20.7 Å². The summed E-state index contributed by atoms with van der Waals surface area (Å²) in [4.78, 5) is 28.4. The second kappa shape index (κ2) is 12.4. The largest absolute Gasteiger partial charge is 0.497 e. The Labute approximate surface area is 176 Å². The van der Waals surface area contributed by atoms with Crippen molar-refractivity contribution in [2.75, 3.05) is 33.2 Å². The second-order valence-corrected chi connectivity index (χ2v) is 6.67.